The number of benzene rings is 1. The molecule has 0 aromatic heterocycles. The summed E-state index contributed by atoms with van der Waals surface area (Å²) >= 11 is 1.52. The number of hydrogen-bond acceptors (Lipinski definition) is 5. The average Bonchev–Trinajstić information content (AvgIpc) is 2.37. The number of sulfone groups is 1. The van der Waals surface area contributed by atoms with Crippen molar-refractivity contribution in [2.24, 2.45) is 0 Å². The van der Waals surface area contributed by atoms with Crippen LogP contribution in [0.15, 0.2) is 18.2 Å². The van der Waals surface area contributed by atoms with Gasteiger partial charge in [0.15, 0.2) is 9.84 Å². The van der Waals surface area contributed by atoms with E-state index in [0.29, 0.717) is 18.1 Å². The number of aromatic hydroxyl groups is 1. The van der Waals surface area contributed by atoms with Gasteiger partial charge in [-0.3, -0.25) is 4.79 Å². The van der Waals surface area contributed by atoms with Gasteiger partial charge in [0.1, 0.15) is 11.1 Å². The molecule has 1 fully saturated rings. The standard InChI is InChI=1S/C13H17NO4S2/c1-9-3-4-10(11(15)7-9)13(16)14-5-6-19-8-12(14)20(2,17)18/h3-4,7,12,15H,5-6,8H2,1-2H3. The quantitative estimate of drug-likeness (QED) is 0.889. The maximum absolute atomic E-state index is 12.5. The van der Waals surface area contributed by atoms with E-state index in [2.05, 4.69) is 0 Å². The summed E-state index contributed by atoms with van der Waals surface area (Å²) in [4.78, 5) is 13.8. The van der Waals surface area contributed by atoms with Crippen molar-refractivity contribution in [3.05, 3.63) is 29.3 Å². The van der Waals surface area contributed by atoms with Crippen molar-refractivity contribution in [2.45, 2.75) is 12.3 Å². The Kier molecular flexibility index (Phi) is 4.29. The highest BCUT2D eigenvalue weighted by Crippen LogP contribution is 2.26. The first-order valence-corrected chi connectivity index (χ1v) is 9.29. The molecular weight excluding hydrogens is 298 g/mol. The van der Waals surface area contributed by atoms with Gasteiger partial charge >= 0.3 is 0 Å². The molecule has 1 aromatic rings. The lowest BCUT2D eigenvalue weighted by atomic mass is 10.1. The zero-order valence-electron chi connectivity index (χ0n) is 11.4. The molecule has 1 saturated heterocycles. The average molecular weight is 315 g/mol. The molecule has 20 heavy (non-hydrogen) atoms. The molecule has 1 aromatic carbocycles. The van der Waals surface area contributed by atoms with Crippen molar-refractivity contribution >= 4 is 27.5 Å². The molecule has 1 aliphatic rings. The highest BCUT2D eigenvalue weighted by Gasteiger charge is 2.35. The first kappa shape index (κ1) is 15.2. The SMILES string of the molecule is Cc1ccc(C(=O)N2CCSCC2S(C)(=O)=O)c(O)c1. The Balaban J connectivity index is 2.35. The monoisotopic (exact) mass is 315 g/mol. The van der Waals surface area contributed by atoms with E-state index in [4.69, 9.17) is 0 Å². The Morgan fingerprint density at radius 2 is 2.15 bits per heavy atom. The smallest absolute Gasteiger partial charge is 0.258 e. The number of nitrogens with zero attached hydrogens (tertiary/aromatic N) is 1. The molecule has 0 aliphatic carbocycles. The van der Waals surface area contributed by atoms with Crippen LogP contribution in [0, 0.1) is 6.92 Å². The summed E-state index contributed by atoms with van der Waals surface area (Å²) in [7, 11) is -3.35. The lowest BCUT2D eigenvalue weighted by Gasteiger charge is -2.34. The Morgan fingerprint density at radius 1 is 1.45 bits per heavy atom. The van der Waals surface area contributed by atoms with Crippen LogP contribution in [-0.4, -0.2) is 54.0 Å². The van der Waals surface area contributed by atoms with Crippen LogP contribution in [-0.2, 0) is 9.84 Å². The maximum atomic E-state index is 12.5. The molecule has 2 rings (SSSR count). The topological polar surface area (TPSA) is 74.7 Å². The van der Waals surface area contributed by atoms with Crippen molar-refractivity contribution in [1.82, 2.24) is 4.90 Å². The third-order valence-electron chi connectivity index (χ3n) is 3.22. The molecule has 1 atom stereocenters. The number of phenolic OH excluding ortho intramolecular Hbond substituents is 1. The molecule has 0 bridgehead atoms. The molecule has 110 valence electrons. The summed E-state index contributed by atoms with van der Waals surface area (Å²) in [6.45, 7) is 2.18. The van der Waals surface area contributed by atoms with Gasteiger partial charge in [0.05, 0.1) is 5.56 Å². The minimum absolute atomic E-state index is 0.111. The Bertz CT molecular complexity index is 627. The molecule has 0 spiro atoms. The fourth-order valence-electron chi connectivity index (χ4n) is 2.15. The van der Waals surface area contributed by atoms with Crippen LogP contribution >= 0.6 is 11.8 Å². The number of carbonyl (C=O) groups excluding carboxylic acids is 1. The fourth-order valence-corrected chi connectivity index (χ4v) is 4.96. The van der Waals surface area contributed by atoms with E-state index in [1.54, 1.807) is 6.07 Å². The van der Waals surface area contributed by atoms with Crippen LogP contribution in [0.25, 0.3) is 0 Å². The lowest BCUT2D eigenvalue weighted by molar-refractivity contribution is 0.0746. The number of phenols is 1. The molecule has 1 heterocycles. The second-order valence-corrected chi connectivity index (χ2v) is 8.23. The van der Waals surface area contributed by atoms with Crippen LogP contribution in [0.3, 0.4) is 0 Å². The minimum Gasteiger partial charge on any atom is -0.507 e. The van der Waals surface area contributed by atoms with Crippen LogP contribution in [0.5, 0.6) is 5.75 Å². The van der Waals surface area contributed by atoms with Gasteiger partial charge in [-0.15, -0.1) is 0 Å². The van der Waals surface area contributed by atoms with E-state index in [-0.39, 0.29) is 11.3 Å². The molecule has 1 aliphatic heterocycles. The summed E-state index contributed by atoms with van der Waals surface area (Å²) in [5.74, 6) is 0.528. The minimum atomic E-state index is -3.35. The van der Waals surface area contributed by atoms with E-state index >= 15 is 0 Å². The van der Waals surface area contributed by atoms with Crippen molar-refractivity contribution in [3.8, 4) is 5.75 Å². The predicted molar refractivity (Wildman–Crippen MR) is 79.8 cm³/mol. The molecule has 7 heteroatoms. The fraction of sp³-hybridized carbons (Fsp3) is 0.462. The summed E-state index contributed by atoms with van der Waals surface area (Å²) in [5.41, 5.74) is 0.990. The van der Waals surface area contributed by atoms with Gasteiger partial charge < -0.3 is 10.0 Å². The van der Waals surface area contributed by atoms with E-state index in [1.165, 1.54) is 28.8 Å². The molecule has 1 unspecified atom stereocenters. The lowest BCUT2D eigenvalue weighted by Crippen LogP contribution is -2.49. The van der Waals surface area contributed by atoms with E-state index < -0.39 is 21.1 Å². The van der Waals surface area contributed by atoms with Gasteiger partial charge in [-0.2, -0.15) is 11.8 Å². The van der Waals surface area contributed by atoms with Crippen molar-refractivity contribution in [3.63, 3.8) is 0 Å². The normalized spacial score (nSPS) is 19.9. The summed E-state index contributed by atoms with van der Waals surface area (Å²) in [6, 6.07) is 4.76. The van der Waals surface area contributed by atoms with Crippen molar-refractivity contribution in [1.29, 1.82) is 0 Å². The number of thioether (sulfide) groups is 1. The number of aryl methyl sites for hydroxylation is 1. The van der Waals surface area contributed by atoms with Crippen LogP contribution in [0.4, 0.5) is 0 Å². The first-order chi connectivity index (χ1) is 9.30. The van der Waals surface area contributed by atoms with Gasteiger partial charge in [0, 0.05) is 24.3 Å². The van der Waals surface area contributed by atoms with Gasteiger partial charge in [0.25, 0.3) is 5.91 Å². The van der Waals surface area contributed by atoms with Crippen LogP contribution < -0.4 is 0 Å². The molecule has 1 N–H and O–H groups in total. The third-order valence-corrected chi connectivity index (χ3v) is 5.87. The summed E-state index contributed by atoms with van der Waals surface area (Å²) in [5, 5.41) is 9.05. The Hall–Kier alpha value is -1.21. The van der Waals surface area contributed by atoms with Crippen LogP contribution in [0.1, 0.15) is 15.9 Å². The highest BCUT2D eigenvalue weighted by atomic mass is 32.2. The van der Waals surface area contributed by atoms with Crippen molar-refractivity contribution in [2.75, 3.05) is 24.3 Å². The van der Waals surface area contributed by atoms with Gasteiger partial charge in [-0.05, 0) is 24.6 Å². The maximum Gasteiger partial charge on any atom is 0.258 e. The molecule has 5 nitrogen and oxygen atoms in total. The third kappa shape index (κ3) is 3.09. The number of carbonyl (C=O) groups is 1. The van der Waals surface area contributed by atoms with Crippen LogP contribution in [0.2, 0.25) is 0 Å². The van der Waals surface area contributed by atoms with Gasteiger partial charge in [-0.25, -0.2) is 8.42 Å². The van der Waals surface area contributed by atoms with E-state index in [1.807, 2.05) is 6.92 Å². The summed E-state index contributed by atoms with van der Waals surface area (Å²) < 4.78 is 23.6. The Labute approximate surface area is 122 Å². The molecule has 0 radical (unpaired) electrons. The predicted octanol–water partition coefficient (Wildman–Crippen LogP) is 1.26. The zero-order chi connectivity index (χ0) is 14.9. The number of amides is 1. The Morgan fingerprint density at radius 3 is 2.75 bits per heavy atom. The first-order valence-electron chi connectivity index (χ1n) is 6.18. The second-order valence-electron chi connectivity index (χ2n) is 4.88. The second kappa shape index (κ2) is 5.65. The highest BCUT2D eigenvalue weighted by molar-refractivity contribution is 8.00. The number of rotatable bonds is 2. The number of hydrogen-bond donors (Lipinski definition) is 1. The molecule has 1 amide bonds. The zero-order valence-corrected chi connectivity index (χ0v) is 13.0. The largest absolute Gasteiger partial charge is 0.507 e. The van der Waals surface area contributed by atoms with Gasteiger partial charge in [-0.1, -0.05) is 6.07 Å². The molecule has 0 saturated carbocycles. The van der Waals surface area contributed by atoms with E-state index in [9.17, 15) is 18.3 Å². The molecular formula is C13H17NO4S2. The summed E-state index contributed by atoms with van der Waals surface area (Å²) in [6.07, 6.45) is 1.14. The van der Waals surface area contributed by atoms with Crippen molar-refractivity contribution < 1.29 is 18.3 Å². The van der Waals surface area contributed by atoms with Gasteiger partial charge in [0.2, 0.25) is 0 Å². The van der Waals surface area contributed by atoms with E-state index in [0.717, 1.165) is 11.8 Å².